The van der Waals surface area contributed by atoms with Gasteiger partial charge in [0.25, 0.3) is 5.75 Å². The van der Waals surface area contributed by atoms with Gasteiger partial charge in [0.05, 0.1) is 9.85 Å². The second-order valence-electron chi connectivity index (χ2n) is 2.68. The van der Waals surface area contributed by atoms with E-state index in [0.29, 0.717) is 12.1 Å². The number of nitro groups is 2. The Hall–Kier alpha value is -1.99. The molecule has 0 aliphatic heterocycles. The molecule has 16 heavy (non-hydrogen) atoms. The van der Waals surface area contributed by atoms with Crippen molar-refractivity contribution >= 4 is 24.7 Å². The Bertz CT molecular complexity index is 465. The van der Waals surface area contributed by atoms with E-state index in [-0.39, 0.29) is 0 Å². The van der Waals surface area contributed by atoms with E-state index in [1.165, 1.54) is 0 Å². The fourth-order valence-corrected chi connectivity index (χ4v) is 1.53. The SMILES string of the molecule is O=[N+]([O-])c1cc([PH](=O)O)cc([N+](=O)[O-])c1O. The lowest BCUT2D eigenvalue weighted by Gasteiger charge is -2.00. The molecule has 0 aromatic heterocycles. The van der Waals surface area contributed by atoms with Gasteiger partial charge >= 0.3 is 11.4 Å². The van der Waals surface area contributed by atoms with Crippen molar-refractivity contribution in [1.82, 2.24) is 0 Å². The van der Waals surface area contributed by atoms with Crippen LogP contribution in [0.25, 0.3) is 0 Å². The lowest BCUT2D eigenvalue weighted by molar-refractivity contribution is -0.395. The summed E-state index contributed by atoms with van der Waals surface area (Å²) >= 11 is 0. The lowest BCUT2D eigenvalue weighted by atomic mass is 10.2. The molecule has 10 heteroatoms. The van der Waals surface area contributed by atoms with Gasteiger partial charge in [-0.15, -0.1) is 0 Å². The summed E-state index contributed by atoms with van der Waals surface area (Å²) in [5, 5.41) is 29.6. The van der Waals surface area contributed by atoms with E-state index in [9.17, 15) is 29.9 Å². The fraction of sp³-hybridized carbons (Fsp3) is 0. The van der Waals surface area contributed by atoms with Gasteiger partial charge in [0.15, 0.2) is 0 Å². The maximum absolute atomic E-state index is 10.7. The third kappa shape index (κ3) is 2.15. The van der Waals surface area contributed by atoms with Crippen molar-refractivity contribution in [2.75, 3.05) is 0 Å². The predicted octanol–water partition coefficient (Wildman–Crippen LogP) is 0.301. The lowest BCUT2D eigenvalue weighted by Crippen LogP contribution is -2.03. The van der Waals surface area contributed by atoms with Gasteiger partial charge in [0.1, 0.15) is 0 Å². The molecule has 9 nitrogen and oxygen atoms in total. The third-order valence-electron chi connectivity index (χ3n) is 1.71. The second kappa shape index (κ2) is 4.25. The van der Waals surface area contributed by atoms with E-state index in [1.807, 2.05) is 0 Å². The Morgan fingerprint density at radius 3 is 1.75 bits per heavy atom. The van der Waals surface area contributed by atoms with Gasteiger partial charge < -0.3 is 10.00 Å². The van der Waals surface area contributed by atoms with E-state index < -0.39 is 40.3 Å². The predicted molar refractivity (Wildman–Crippen MR) is 52.3 cm³/mol. The summed E-state index contributed by atoms with van der Waals surface area (Å²) in [6.07, 6.45) is 0. The monoisotopic (exact) mass is 248 g/mol. The summed E-state index contributed by atoms with van der Waals surface area (Å²) in [5.74, 6) is -1.14. The van der Waals surface area contributed by atoms with Crippen LogP contribution in [0.5, 0.6) is 5.75 Å². The van der Waals surface area contributed by atoms with Crippen molar-refractivity contribution in [2.24, 2.45) is 0 Å². The summed E-state index contributed by atoms with van der Waals surface area (Å²) in [5.41, 5.74) is -1.95. The maximum atomic E-state index is 10.7. The number of nitrogens with zero attached hydrogens (tertiary/aromatic N) is 2. The second-order valence-corrected chi connectivity index (χ2v) is 3.87. The minimum atomic E-state index is -3.31. The van der Waals surface area contributed by atoms with Crippen LogP contribution in [0.4, 0.5) is 11.4 Å². The smallest absolute Gasteiger partial charge is 0.318 e. The molecule has 0 heterocycles. The molecule has 0 fully saturated rings. The zero-order chi connectivity index (χ0) is 12.5. The topological polar surface area (TPSA) is 144 Å². The normalized spacial score (nSPS) is 12.1. The Labute approximate surface area is 88.1 Å². The minimum absolute atomic E-state index is 0.457. The highest BCUT2D eigenvalue weighted by Gasteiger charge is 2.27. The van der Waals surface area contributed by atoms with Crippen LogP contribution in [0.3, 0.4) is 0 Å². The van der Waals surface area contributed by atoms with Crippen molar-refractivity contribution in [2.45, 2.75) is 0 Å². The van der Waals surface area contributed by atoms with Crippen LogP contribution in [0.15, 0.2) is 12.1 Å². The van der Waals surface area contributed by atoms with E-state index in [4.69, 9.17) is 4.89 Å². The molecule has 1 rings (SSSR count). The maximum Gasteiger partial charge on any atom is 0.318 e. The first-order chi connectivity index (χ1) is 7.34. The number of rotatable bonds is 3. The molecule has 1 atom stereocenters. The third-order valence-corrected chi connectivity index (χ3v) is 2.49. The van der Waals surface area contributed by atoms with E-state index in [1.54, 1.807) is 0 Å². The van der Waals surface area contributed by atoms with Gasteiger partial charge in [-0.3, -0.25) is 24.8 Å². The summed E-state index contributed by atoms with van der Waals surface area (Å²) in [6, 6.07) is 1.26. The number of hydrogen-bond acceptors (Lipinski definition) is 6. The molecular formula is C6H5N2O7P. The Morgan fingerprint density at radius 2 is 1.50 bits per heavy atom. The molecule has 1 aromatic rings. The van der Waals surface area contributed by atoms with E-state index in [2.05, 4.69) is 0 Å². The highest BCUT2D eigenvalue weighted by Crippen LogP contribution is 2.36. The van der Waals surface area contributed by atoms with Gasteiger partial charge in [-0.25, -0.2) is 0 Å². The molecule has 0 amide bonds. The fourth-order valence-electron chi connectivity index (χ4n) is 1.01. The van der Waals surface area contributed by atoms with Crippen LogP contribution in [-0.4, -0.2) is 19.8 Å². The zero-order valence-corrected chi connectivity index (χ0v) is 8.48. The highest BCUT2D eigenvalue weighted by molar-refractivity contribution is 7.47. The van der Waals surface area contributed by atoms with Gasteiger partial charge in [-0.1, -0.05) is 0 Å². The van der Waals surface area contributed by atoms with Crippen molar-refractivity contribution in [3.05, 3.63) is 32.4 Å². The molecule has 0 radical (unpaired) electrons. The Balaban J connectivity index is 3.57. The first kappa shape index (κ1) is 12.1. The van der Waals surface area contributed by atoms with Crippen LogP contribution < -0.4 is 5.30 Å². The molecule has 0 saturated carbocycles. The van der Waals surface area contributed by atoms with Crippen molar-refractivity contribution in [1.29, 1.82) is 0 Å². The number of nitro benzene ring substituents is 2. The van der Waals surface area contributed by atoms with Gasteiger partial charge in [-0.05, 0) is 0 Å². The molecule has 1 aromatic carbocycles. The molecule has 0 aliphatic rings. The molecule has 0 bridgehead atoms. The Morgan fingerprint density at radius 1 is 1.12 bits per heavy atom. The van der Waals surface area contributed by atoms with Crippen molar-refractivity contribution in [3.8, 4) is 5.75 Å². The van der Waals surface area contributed by atoms with Gasteiger partial charge in [0, 0.05) is 17.4 Å². The van der Waals surface area contributed by atoms with Crippen LogP contribution >= 0.6 is 8.03 Å². The largest absolute Gasteiger partial charge is 0.497 e. The first-order valence-electron chi connectivity index (χ1n) is 3.73. The number of phenols is 1. The molecule has 0 spiro atoms. The minimum Gasteiger partial charge on any atom is -0.497 e. The highest BCUT2D eigenvalue weighted by atomic mass is 31.1. The number of benzene rings is 1. The molecule has 1 unspecified atom stereocenters. The van der Waals surface area contributed by atoms with Crippen molar-refractivity contribution in [3.63, 3.8) is 0 Å². The average Bonchev–Trinajstić information content (AvgIpc) is 2.16. The van der Waals surface area contributed by atoms with Gasteiger partial charge in [0.2, 0.25) is 8.03 Å². The zero-order valence-electron chi connectivity index (χ0n) is 7.48. The summed E-state index contributed by atoms with van der Waals surface area (Å²) in [4.78, 5) is 27.4. The van der Waals surface area contributed by atoms with Crippen molar-refractivity contribution < 1.29 is 24.4 Å². The summed E-state index contributed by atoms with van der Waals surface area (Å²) < 4.78 is 10.7. The van der Waals surface area contributed by atoms with E-state index >= 15 is 0 Å². The van der Waals surface area contributed by atoms with Crippen LogP contribution in [0.2, 0.25) is 0 Å². The van der Waals surface area contributed by atoms with Gasteiger partial charge in [-0.2, -0.15) is 0 Å². The van der Waals surface area contributed by atoms with E-state index in [0.717, 1.165) is 0 Å². The number of phenolic OH excluding ortho intramolecular Hbond substituents is 1. The standard InChI is InChI=1S/C6H5N2O7P/c9-6-4(7(10)11)1-3(16(14)15)2-5(6)8(12)13/h1-2,9,16H,(H,14,15). The number of hydrogen-bond donors (Lipinski definition) is 2. The quantitative estimate of drug-likeness (QED) is 0.444. The summed E-state index contributed by atoms with van der Waals surface area (Å²) in [7, 11) is -3.31. The molecule has 86 valence electrons. The molecule has 2 N–H and O–H groups in total. The number of aromatic hydroxyl groups is 1. The molecular weight excluding hydrogens is 243 g/mol. The summed E-state index contributed by atoms with van der Waals surface area (Å²) in [6.45, 7) is 0. The molecule has 0 aliphatic carbocycles. The molecule has 0 saturated heterocycles. The van der Waals surface area contributed by atoms with Crippen LogP contribution in [-0.2, 0) is 4.57 Å². The first-order valence-corrected chi connectivity index (χ1v) is 5.09. The Kier molecular flexibility index (Phi) is 3.21. The van der Waals surface area contributed by atoms with Crippen LogP contribution in [0, 0.1) is 20.2 Å². The van der Waals surface area contributed by atoms with Crippen LogP contribution in [0.1, 0.15) is 0 Å². The average molecular weight is 248 g/mol.